The lowest BCUT2D eigenvalue weighted by atomic mass is 10.0. The molecule has 3 N–H and O–H groups in total. The molecule has 2 rings (SSSR count). The average Bonchev–Trinajstić information content (AvgIpc) is 3.25. The fraction of sp³-hybridized carbons (Fsp3) is 0.600. The molecular weight excluding hydrogens is 288 g/mol. The highest BCUT2D eigenvalue weighted by molar-refractivity contribution is 7.89. The van der Waals surface area contributed by atoms with E-state index in [0.717, 1.165) is 31.2 Å². The van der Waals surface area contributed by atoms with Crippen LogP contribution in [0.1, 0.15) is 38.2 Å². The van der Waals surface area contributed by atoms with Crippen molar-refractivity contribution >= 4 is 10.0 Å². The van der Waals surface area contributed by atoms with Gasteiger partial charge in [0.1, 0.15) is 10.6 Å². The van der Waals surface area contributed by atoms with Gasteiger partial charge in [-0.2, -0.15) is 0 Å². The SMILES string of the molecule is CCCC1(CNS(=O)(=O)c2cc(CN)ccc2OC)CC1. The summed E-state index contributed by atoms with van der Waals surface area (Å²) in [5.41, 5.74) is 6.53. The molecule has 1 saturated carbocycles. The Balaban J connectivity index is 2.19. The summed E-state index contributed by atoms with van der Waals surface area (Å²) < 4.78 is 33.0. The molecule has 118 valence electrons. The smallest absolute Gasteiger partial charge is 0.244 e. The first kappa shape index (κ1) is 16.3. The van der Waals surface area contributed by atoms with Crippen LogP contribution in [0.15, 0.2) is 23.1 Å². The van der Waals surface area contributed by atoms with Crippen LogP contribution < -0.4 is 15.2 Å². The van der Waals surface area contributed by atoms with Crippen molar-refractivity contribution < 1.29 is 13.2 Å². The van der Waals surface area contributed by atoms with Crippen LogP contribution in [0.2, 0.25) is 0 Å². The van der Waals surface area contributed by atoms with E-state index in [1.807, 2.05) is 0 Å². The van der Waals surface area contributed by atoms with Crippen LogP contribution in [0, 0.1) is 5.41 Å². The maximum absolute atomic E-state index is 12.5. The van der Waals surface area contributed by atoms with Crippen LogP contribution in [-0.2, 0) is 16.6 Å². The number of sulfonamides is 1. The summed E-state index contributed by atoms with van der Waals surface area (Å²) >= 11 is 0. The summed E-state index contributed by atoms with van der Waals surface area (Å²) in [7, 11) is -2.11. The highest BCUT2D eigenvalue weighted by Gasteiger charge is 2.42. The first-order valence-electron chi connectivity index (χ1n) is 7.33. The van der Waals surface area contributed by atoms with E-state index in [0.29, 0.717) is 18.8 Å². The first-order chi connectivity index (χ1) is 9.96. The molecule has 0 bridgehead atoms. The predicted octanol–water partition coefficient (Wildman–Crippen LogP) is 2.01. The van der Waals surface area contributed by atoms with Gasteiger partial charge in [-0.1, -0.05) is 19.4 Å². The summed E-state index contributed by atoms with van der Waals surface area (Å²) in [5.74, 6) is 0.347. The molecule has 5 nitrogen and oxygen atoms in total. The van der Waals surface area contributed by atoms with Crippen molar-refractivity contribution in [1.82, 2.24) is 4.72 Å². The topological polar surface area (TPSA) is 81.4 Å². The second-order valence-corrected chi connectivity index (χ2v) is 7.50. The third-order valence-electron chi connectivity index (χ3n) is 4.13. The molecule has 1 aromatic carbocycles. The van der Waals surface area contributed by atoms with Gasteiger partial charge in [0.05, 0.1) is 7.11 Å². The molecule has 0 amide bonds. The number of nitrogens with one attached hydrogen (secondary N) is 1. The van der Waals surface area contributed by atoms with E-state index < -0.39 is 10.0 Å². The zero-order chi connectivity index (χ0) is 15.5. The number of rotatable bonds is 8. The standard InChI is InChI=1S/C15H24N2O3S/c1-3-6-15(7-8-15)11-17-21(18,19)14-9-12(10-16)4-5-13(14)20-2/h4-5,9,17H,3,6-8,10-11,16H2,1-2H3. The lowest BCUT2D eigenvalue weighted by Gasteiger charge is -2.16. The third kappa shape index (κ3) is 3.75. The number of methoxy groups -OCH3 is 1. The van der Waals surface area contributed by atoms with E-state index >= 15 is 0 Å². The summed E-state index contributed by atoms with van der Waals surface area (Å²) in [4.78, 5) is 0.167. The first-order valence-corrected chi connectivity index (χ1v) is 8.81. The van der Waals surface area contributed by atoms with E-state index in [2.05, 4.69) is 11.6 Å². The van der Waals surface area contributed by atoms with Crippen molar-refractivity contribution in [3.8, 4) is 5.75 Å². The minimum absolute atomic E-state index is 0.167. The summed E-state index contributed by atoms with van der Waals surface area (Å²) in [6.07, 6.45) is 4.34. The molecule has 1 aliphatic carbocycles. The van der Waals surface area contributed by atoms with Gasteiger partial charge in [-0.25, -0.2) is 13.1 Å². The quantitative estimate of drug-likeness (QED) is 0.769. The molecule has 0 heterocycles. The number of ether oxygens (including phenoxy) is 1. The number of hydrogen-bond donors (Lipinski definition) is 2. The van der Waals surface area contributed by atoms with Crippen LogP contribution in [0.4, 0.5) is 0 Å². The van der Waals surface area contributed by atoms with Gasteiger partial charge >= 0.3 is 0 Å². The van der Waals surface area contributed by atoms with Gasteiger partial charge in [-0.3, -0.25) is 0 Å². The second kappa shape index (κ2) is 6.34. The Labute approximate surface area is 126 Å². The average molecular weight is 312 g/mol. The Morgan fingerprint density at radius 1 is 1.38 bits per heavy atom. The normalized spacial score (nSPS) is 16.7. The fourth-order valence-electron chi connectivity index (χ4n) is 2.61. The number of hydrogen-bond acceptors (Lipinski definition) is 4. The number of benzene rings is 1. The minimum Gasteiger partial charge on any atom is -0.495 e. The molecule has 0 aliphatic heterocycles. The highest BCUT2D eigenvalue weighted by atomic mass is 32.2. The third-order valence-corrected chi connectivity index (χ3v) is 5.55. The fourth-order valence-corrected chi connectivity index (χ4v) is 3.98. The summed E-state index contributed by atoms with van der Waals surface area (Å²) in [6, 6.07) is 5.01. The van der Waals surface area contributed by atoms with Crippen LogP contribution in [0.5, 0.6) is 5.75 Å². The molecule has 6 heteroatoms. The summed E-state index contributed by atoms with van der Waals surface area (Å²) in [5, 5.41) is 0. The molecule has 1 aliphatic rings. The maximum atomic E-state index is 12.5. The Kier molecular flexibility index (Phi) is 4.91. The molecule has 0 spiro atoms. The Morgan fingerprint density at radius 3 is 2.62 bits per heavy atom. The zero-order valence-corrected chi connectivity index (χ0v) is 13.5. The van der Waals surface area contributed by atoms with Crippen molar-refractivity contribution in [3.63, 3.8) is 0 Å². The molecular formula is C15H24N2O3S. The maximum Gasteiger partial charge on any atom is 0.244 e. The lowest BCUT2D eigenvalue weighted by Crippen LogP contribution is -2.30. The van der Waals surface area contributed by atoms with E-state index in [9.17, 15) is 8.42 Å². The van der Waals surface area contributed by atoms with E-state index in [4.69, 9.17) is 10.5 Å². The van der Waals surface area contributed by atoms with Crippen LogP contribution in [-0.4, -0.2) is 22.1 Å². The monoisotopic (exact) mass is 312 g/mol. The van der Waals surface area contributed by atoms with E-state index in [1.165, 1.54) is 7.11 Å². The van der Waals surface area contributed by atoms with Crippen molar-refractivity contribution in [2.45, 2.75) is 44.0 Å². The minimum atomic E-state index is -3.58. The van der Waals surface area contributed by atoms with E-state index in [-0.39, 0.29) is 10.3 Å². The van der Waals surface area contributed by atoms with Gasteiger partial charge in [-0.15, -0.1) is 0 Å². The molecule has 0 saturated heterocycles. The van der Waals surface area contributed by atoms with Gasteiger partial charge in [0.2, 0.25) is 10.0 Å². The zero-order valence-electron chi connectivity index (χ0n) is 12.7. The van der Waals surface area contributed by atoms with Gasteiger partial charge in [-0.05, 0) is 42.4 Å². The number of nitrogens with two attached hydrogens (primary N) is 1. The largest absolute Gasteiger partial charge is 0.495 e. The van der Waals surface area contributed by atoms with Gasteiger partial charge in [0.25, 0.3) is 0 Å². The molecule has 1 fully saturated rings. The van der Waals surface area contributed by atoms with Gasteiger partial charge in [0.15, 0.2) is 0 Å². The van der Waals surface area contributed by atoms with Crippen molar-refractivity contribution in [2.24, 2.45) is 11.1 Å². The lowest BCUT2D eigenvalue weighted by molar-refractivity contribution is 0.401. The molecule has 0 atom stereocenters. The van der Waals surface area contributed by atoms with Crippen LogP contribution in [0.25, 0.3) is 0 Å². The Morgan fingerprint density at radius 2 is 2.10 bits per heavy atom. The van der Waals surface area contributed by atoms with Crippen LogP contribution in [0.3, 0.4) is 0 Å². The summed E-state index contributed by atoms with van der Waals surface area (Å²) in [6.45, 7) is 2.92. The molecule has 21 heavy (non-hydrogen) atoms. The predicted molar refractivity (Wildman–Crippen MR) is 82.6 cm³/mol. The van der Waals surface area contributed by atoms with Crippen molar-refractivity contribution in [1.29, 1.82) is 0 Å². The molecule has 0 unspecified atom stereocenters. The Bertz CT molecular complexity index is 595. The second-order valence-electron chi connectivity index (χ2n) is 5.76. The van der Waals surface area contributed by atoms with Gasteiger partial charge in [0, 0.05) is 13.1 Å². The molecule has 0 radical (unpaired) electrons. The Hall–Kier alpha value is -1.11. The highest BCUT2D eigenvalue weighted by Crippen LogP contribution is 2.49. The molecule has 1 aromatic rings. The van der Waals surface area contributed by atoms with Gasteiger partial charge < -0.3 is 10.5 Å². The van der Waals surface area contributed by atoms with Crippen LogP contribution >= 0.6 is 0 Å². The van der Waals surface area contributed by atoms with Crippen molar-refractivity contribution in [2.75, 3.05) is 13.7 Å². The van der Waals surface area contributed by atoms with Crippen molar-refractivity contribution in [3.05, 3.63) is 23.8 Å². The van der Waals surface area contributed by atoms with E-state index in [1.54, 1.807) is 18.2 Å². The molecule has 0 aromatic heterocycles.